The molecule has 1 unspecified atom stereocenters. The normalized spacial score (nSPS) is 19.2. The number of ether oxygens (including phenoxy) is 2. The lowest BCUT2D eigenvalue weighted by molar-refractivity contribution is 0.00607. The number of aryl methyl sites for hydroxylation is 1. The van der Waals surface area contributed by atoms with Gasteiger partial charge in [0.25, 0.3) is 0 Å². The summed E-state index contributed by atoms with van der Waals surface area (Å²) in [6.07, 6.45) is 7.58. The fourth-order valence-corrected chi connectivity index (χ4v) is 2.92. The van der Waals surface area contributed by atoms with Gasteiger partial charge in [0.05, 0.1) is 12.6 Å². The first-order valence-corrected chi connectivity index (χ1v) is 7.79. The minimum atomic E-state index is 0.291. The van der Waals surface area contributed by atoms with E-state index in [0.29, 0.717) is 6.10 Å². The van der Waals surface area contributed by atoms with Gasteiger partial charge in [-0.1, -0.05) is 0 Å². The van der Waals surface area contributed by atoms with E-state index >= 15 is 0 Å². The molecule has 0 radical (unpaired) electrons. The van der Waals surface area contributed by atoms with Crippen LogP contribution in [0.5, 0.6) is 0 Å². The highest BCUT2D eigenvalue weighted by Crippen LogP contribution is 2.20. The third kappa shape index (κ3) is 3.41. The zero-order valence-corrected chi connectivity index (χ0v) is 12.6. The first kappa shape index (κ1) is 14.5. The predicted octanol–water partition coefficient (Wildman–Crippen LogP) is 2.58. The van der Waals surface area contributed by atoms with Crippen LogP contribution in [-0.4, -0.2) is 41.0 Å². The van der Waals surface area contributed by atoms with Gasteiger partial charge in [-0.2, -0.15) is 0 Å². The van der Waals surface area contributed by atoms with Crippen LogP contribution in [0.4, 0.5) is 0 Å². The summed E-state index contributed by atoms with van der Waals surface area (Å²) in [5.74, 6) is 1.09. The van der Waals surface area contributed by atoms with E-state index < -0.39 is 0 Å². The maximum absolute atomic E-state index is 5.88. The minimum absolute atomic E-state index is 0.291. The topological polar surface area (TPSA) is 49.2 Å². The first-order chi connectivity index (χ1) is 10.4. The zero-order chi connectivity index (χ0) is 14.5. The van der Waals surface area contributed by atoms with Crippen LogP contribution in [0.1, 0.15) is 31.5 Å². The number of hydrogen-bond donors (Lipinski definition) is 0. The Morgan fingerprint density at radius 1 is 1.43 bits per heavy atom. The second-order valence-corrected chi connectivity index (χ2v) is 5.57. The Kier molecular flexibility index (Phi) is 4.83. The standard InChI is InChI=1S/C16H23N3O2/c1-20-10-5-8-15-18-14-7-4-9-17-16(14)19(15)12-13-6-2-3-11-21-13/h4,7,9,13H,2-3,5-6,8,10-12H2,1H3. The average Bonchev–Trinajstić information content (AvgIpc) is 2.87. The molecular weight excluding hydrogens is 266 g/mol. The molecular formula is C16H23N3O2. The molecule has 2 aromatic heterocycles. The fourth-order valence-electron chi connectivity index (χ4n) is 2.92. The van der Waals surface area contributed by atoms with Crippen LogP contribution in [0.2, 0.25) is 0 Å². The molecule has 2 aromatic rings. The molecule has 3 heterocycles. The van der Waals surface area contributed by atoms with Gasteiger partial charge in [-0.25, -0.2) is 9.97 Å². The van der Waals surface area contributed by atoms with Crippen molar-refractivity contribution in [2.75, 3.05) is 20.3 Å². The van der Waals surface area contributed by atoms with Crippen LogP contribution >= 0.6 is 0 Å². The Labute approximate surface area is 125 Å². The second-order valence-electron chi connectivity index (χ2n) is 5.57. The number of imidazole rings is 1. The van der Waals surface area contributed by atoms with Gasteiger partial charge in [-0.15, -0.1) is 0 Å². The lowest BCUT2D eigenvalue weighted by Crippen LogP contribution is -2.25. The Morgan fingerprint density at radius 3 is 3.19 bits per heavy atom. The van der Waals surface area contributed by atoms with E-state index in [-0.39, 0.29) is 0 Å². The van der Waals surface area contributed by atoms with Gasteiger partial charge in [0.15, 0.2) is 5.65 Å². The maximum Gasteiger partial charge on any atom is 0.160 e. The van der Waals surface area contributed by atoms with E-state index in [2.05, 4.69) is 9.55 Å². The monoisotopic (exact) mass is 289 g/mol. The van der Waals surface area contributed by atoms with Crippen molar-refractivity contribution in [2.24, 2.45) is 0 Å². The minimum Gasteiger partial charge on any atom is -0.385 e. The third-order valence-corrected chi connectivity index (χ3v) is 3.99. The maximum atomic E-state index is 5.88. The summed E-state index contributed by atoms with van der Waals surface area (Å²) in [5, 5.41) is 0. The number of pyridine rings is 1. The molecule has 0 N–H and O–H groups in total. The number of aromatic nitrogens is 3. The van der Waals surface area contributed by atoms with Crippen molar-refractivity contribution in [2.45, 2.75) is 44.8 Å². The van der Waals surface area contributed by atoms with Crippen LogP contribution in [0.25, 0.3) is 11.2 Å². The number of fused-ring (bicyclic) bond motifs is 1. The van der Waals surface area contributed by atoms with E-state index in [0.717, 1.165) is 56.0 Å². The molecule has 5 heteroatoms. The van der Waals surface area contributed by atoms with Crippen LogP contribution in [-0.2, 0) is 22.4 Å². The molecule has 1 aliphatic heterocycles. The Bertz CT molecular complexity index is 576. The van der Waals surface area contributed by atoms with Gasteiger partial charge in [0.1, 0.15) is 11.3 Å². The van der Waals surface area contributed by atoms with Crippen molar-refractivity contribution in [3.63, 3.8) is 0 Å². The average molecular weight is 289 g/mol. The van der Waals surface area contributed by atoms with E-state index in [1.54, 1.807) is 7.11 Å². The van der Waals surface area contributed by atoms with Gasteiger partial charge in [-0.3, -0.25) is 0 Å². The summed E-state index contributed by atoms with van der Waals surface area (Å²) < 4.78 is 13.3. The van der Waals surface area contributed by atoms with E-state index in [9.17, 15) is 0 Å². The van der Waals surface area contributed by atoms with Gasteiger partial charge < -0.3 is 14.0 Å². The van der Waals surface area contributed by atoms with Gasteiger partial charge >= 0.3 is 0 Å². The molecule has 21 heavy (non-hydrogen) atoms. The number of methoxy groups -OCH3 is 1. The summed E-state index contributed by atoms with van der Waals surface area (Å²) in [7, 11) is 1.74. The molecule has 0 amide bonds. The van der Waals surface area contributed by atoms with Crippen molar-refractivity contribution in [3.05, 3.63) is 24.2 Å². The fraction of sp³-hybridized carbons (Fsp3) is 0.625. The molecule has 3 rings (SSSR count). The van der Waals surface area contributed by atoms with Gasteiger partial charge in [-0.05, 0) is 37.8 Å². The molecule has 0 aromatic carbocycles. The number of hydrogen-bond acceptors (Lipinski definition) is 4. The highest BCUT2D eigenvalue weighted by atomic mass is 16.5. The molecule has 1 fully saturated rings. The van der Waals surface area contributed by atoms with Crippen LogP contribution in [0.3, 0.4) is 0 Å². The number of nitrogens with zero attached hydrogens (tertiary/aromatic N) is 3. The molecule has 1 atom stereocenters. The largest absolute Gasteiger partial charge is 0.385 e. The van der Waals surface area contributed by atoms with Gasteiger partial charge in [0, 0.05) is 32.9 Å². The lowest BCUT2D eigenvalue weighted by Gasteiger charge is -2.23. The summed E-state index contributed by atoms with van der Waals surface area (Å²) in [6.45, 7) is 2.50. The quantitative estimate of drug-likeness (QED) is 0.767. The molecule has 114 valence electrons. The van der Waals surface area contributed by atoms with Crippen molar-refractivity contribution in [1.29, 1.82) is 0 Å². The Morgan fingerprint density at radius 2 is 2.38 bits per heavy atom. The first-order valence-electron chi connectivity index (χ1n) is 7.79. The third-order valence-electron chi connectivity index (χ3n) is 3.99. The van der Waals surface area contributed by atoms with Crippen molar-refractivity contribution in [3.8, 4) is 0 Å². The molecule has 1 saturated heterocycles. The highest BCUT2D eigenvalue weighted by Gasteiger charge is 2.18. The van der Waals surface area contributed by atoms with Gasteiger partial charge in [0.2, 0.25) is 0 Å². The highest BCUT2D eigenvalue weighted by molar-refractivity contribution is 5.71. The van der Waals surface area contributed by atoms with E-state index in [1.807, 2.05) is 18.3 Å². The molecule has 0 aliphatic carbocycles. The Hall–Kier alpha value is -1.46. The summed E-state index contributed by atoms with van der Waals surface area (Å²) in [6, 6.07) is 3.97. The van der Waals surface area contributed by atoms with Crippen LogP contribution < -0.4 is 0 Å². The van der Waals surface area contributed by atoms with Crippen LogP contribution in [0, 0.1) is 0 Å². The molecule has 1 aliphatic rings. The zero-order valence-electron chi connectivity index (χ0n) is 12.6. The molecule has 0 saturated carbocycles. The predicted molar refractivity (Wildman–Crippen MR) is 81.3 cm³/mol. The Balaban J connectivity index is 1.83. The molecule has 0 bridgehead atoms. The number of rotatable bonds is 6. The van der Waals surface area contributed by atoms with Crippen molar-refractivity contribution >= 4 is 11.2 Å². The molecule has 5 nitrogen and oxygen atoms in total. The summed E-state index contributed by atoms with van der Waals surface area (Å²) in [4.78, 5) is 9.25. The van der Waals surface area contributed by atoms with Crippen molar-refractivity contribution < 1.29 is 9.47 Å². The second kappa shape index (κ2) is 7.00. The van der Waals surface area contributed by atoms with E-state index in [1.165, 1.54) is 12.8 Å². The van der Waals surface area contributed by atoms with Crippen molar-refractivity contribution in [1.82, 2.24) is 14.5 Å². The summed E-state index contributed by atoms with van der Waals surface area (Å²) >= 11 is 0. The molecule has 0 spiro atoms. The smallest absolute Gasteiger partial charge is 0.160 e. The van der Waals surface area contributed by atoms with Crippen LogP contribution in [0.15, 0.2) is 18.3 Å². The van der Waals surface area contributed by atoms with E-state index in [4.69, 9.17) is 14.5 Å². The lowest BCUT2D eigenvalue weighted by atomic mass is 10.1. The SMILES string of the molecule is COCCCc1nc2cccnc2n1CC1CCCCO1. The summed E-state index contributed by atoms with van der Waals surface area (Å²) in [5.41, 5.74) is 1.94.